The second-order valence-corrected chi connectivity index (χ2v) is 4.16. The normalized spacial score (nSPS) is 16.3. The molecule has 0 fully saturated rings. The van der Waals surface area contributed by atoms with Crippen molar-refractivity contribution in [3.63, 3.8) is 0 Å². The standard InChI is InChI=1S/C11H21N3O/c1-5-9(3)10(13)11(15)14(4)7-8(2)6-12/h8-10H,5,7,13H2,1-4H3/t8?,9-,10-/m0/s1. The molecule has 1 unspecified atom stereocenters. The molecule has 0 spiro atoms. The van der Waals surface area contributed by atoms with Gasteiger partial charge in [0.1, 0.15) is 0 Å². The number of carbonyl (C=O) groups is 1. The maximum Gasteiger partial charge on any atom is 0.239 e. The van der Waals surface area contributed by atoms with Crippen molar-refractivity contribution in [1.29, 1.82) is 5.26 Å². The predicted octanol–water partition coefficient (Wildman–Crippen LogP) is 0.978. The molecule has 0 aromatic carbocycles. The quantitative estimate of drug-likeness (QED) is 0.737. The number of amides is 1. The fraction of sp³-hybridized carbons (Fsp3) is 0.818. The van der Waals surface area contributed by atoms with Crippen LogP contribution in [0, 0.1) is 23.2 Å². The summed E-state index contributed by atoms with van der Waals surface area (Å²) >= 11 is 0. The van der Waals surface area contributed by atoms with Gasteiger partial charge in [-0.15, -0.1) is 0 Å². The number of nitriles is 1. The summed E-state index contributed by atoms with van der Waals surface area (Å²) in [6, 6.07) is 1.65. The van der Waals surface area contributed by atoms with Crippen molar-refractivity contribution >= 4 is 5.91 Å². The van der Waals surface area contributed by atoms with Crippen LogP contribution in [0.25, 0.3) is 0 Å². The summed E-state index contributed by atoms with van der Waals surface area (Å²) in [5, 5.41) is 8.64. The summed E-state index contributed by atoms with van der Waals surface area (Å²) in [6.45, 7) is 6.21. The number of hydrogen-bond donors (Lipinski definition) is 1. The van der Waals surface area contributed by atoms with E-state index in [-0.39, 0.29) is 17.7 Å². The molecule has 0 aromatic heterocycles. The summed E-state index contributed by atoms with van der Waals surface area (Å²) in [4.78, 5) is 13.3. The van der Waals surface area contributed by atoms with E-state index in [0.29, 0.717) is 6.54 Å². The van der Waals surface area contributed by atoms with Crippen molar-refractivity contribution in [1.82, 2.24) is 4.90 Å². The van der Waals surface area contributed by atoms with Crippen LogP contribution < -0.4 is 5.73 Å². The Morgan fingerprint density at radius 3 is 2.47 bits per heavy atom. The molecule has 15 heavy (non-hydrogen) atoms. The van der Waals surface area contributed by atoms with E-state index in [1.807, 2.05) is 13.8 Å². The van der Waals surface area contributed by atoms with Crippen molar-refractivity contribution in [3.05, 3.63) is 0 Å². The maximum absolute atomic E-state index is 11.8. The molecule has 0 saturated heterocycles. The van der Waals surface area contributed by atoms with Gasteiger partial charge in [-0.3, -0.25) is 4.79 Å². The van der Waals surface area contributed by atoms with Crippen molar-refractivity contribution in [2.24, 2.45) is 17.6 Å². The van der Waals surface area contributed by atoms with E-state index in [4.69, 9.17) is 11.0 Å². The van der Waals surface area contributed by atoms with Crippen molar-refractivity contribution < 1.29 is 4.79 Å². The number of rotatable bonds is 5. The van der Waals surface area contributed by atoms with Gasteiger partial charge in [0.2, 0.25) is 5.91 Å². The third-order valence-electron chi connectivity index (χ3n) is 2.69. The summed E-state index contributed by atoms with van der Waals surface area (Å²) in [5.74, 6) is -0.0492. The monoisotopic (exact) mass is 211 g/mol. The molecule has 0 radical (unpaired) electrons. The highest BCUT2D eigenvalue weighted by atomic mass is 16.2. The minimum absolute atomic E-state index is 0.0774. The first-order chi connectivity index (χ1) is 6.93. The van der Waals surface area contributed by atoms with E-state index < -0.39 is 6.04 Å². The van der Waals surface area contributed by atoms with Gasteiger partial charge in [-0.2, -0.15) is 5.26 Å². The third kappa shape index (κ3) is 4.30. The third-order valence-corrected chi connectivity index (χ3v) is 2.69. The lowest BCUT2D eigenvalue weighted by molar-refractivity contribution is -0.132. The Hall–Kier alpha value is -1.08. The van der Waals surface area contributed by atoms with Gasteiger partial charge in [-0.25, -0.2) is 0 Å². The zero-order valence-corrected chi connectivity index (χ0v) is 10.0. The van der Waals surface area contributed by atoms with Crippen LogP contribution in [0.5, 0.6) is 0 Å². The molecule has 1 amide bonds. The van der Waals surface area contributed by atoms with Crippen LogP contribution in [0.1, 0.15) is 27.2 Å². The number of hydrogen-bond acceptors (Lipinski definition) is 3. The first kappa shape index (κ1) is 13.9. The van der Waals surface area contributed by atoms with Crippen molar-refractivity contribution in [3.8, 4) is 6.07 Å². The number of nitrogens with two attached hydrogens (primary N) is 1. The molecule has 0 aliphatic carbocycles. The fourth-order valence-electron chi connectivity index (χ4n) is 1.29. The van der Waals surface area contributed by atoms with Crippen LogP contribution in [-0.2, 0) is 4.79 Å². The Morgan fingerprint density at radius 1 is 1.53 bits per heavy atom. The van der Waals surface area contributed by atoms with Crippen LogP contribution in [0.15, 0.2) is 0 Å². The molecule has 4 heteroatoms. The van der Waals surface area contributed by atoms with Crippen LogP contribution in [0.3, 0.4) is 0 Å². The van der Waals surface area contributed by atoms with E-state index in [2.05, 4.69) is 6.07 Å². The number of likely N-dealkylation sites (N-methyl/N-ethyl adjacent to an activating group) is 1. The largest absolute Gasteiger partial charge is 0.343 e. The van der Waals surface area contributed by atoms with Crippen LogP contribution >= 0.6 is 0 Å². The zero-order chi connectivity index (χ0) is 12.0. The second-order valence-electron chi connectivity index (χ2n) is 4.16. The highest BCUT2D eigenvalue weighted by molar-refractivity contribution is 5.81. The molecule has 86 valence electrons. The van der Waals surface area contributed by atoms with Gasteiger partial charge in [-0.1, -0.05) is 20.3 Å². The van der Waals surface area contributed by atoms with Gasteiger partial charge >= 0.3 is 0 Å². The summed E-state index contributed by atoms with van der Waals surface area (Å²) in [7, 11) is 1.69. The van der Waals surface area contributed by atoms with Gasteiger partial charge in [0, 0.05) is 13.6 Å². The van der Waals surface area contributed by atoms with E-state index in [1.165, 1.54) is 0 Å². The minimum atomic E-state index is -0.453. The van der Waals surface area contributed by atoms with Gasteiger partial charge in [0.15, 0.2) is 0 Å². The summed E-state index contributed by atoms with van der Waals surface area (Å²) in [5.41, 5.74) is 5.82. The molecule has 4 nitrogen and oxygen atoms in total. The highest BCUT2D eigenvalue weighted by Crippen LogP contribution is 2.08. The smallest absolute Gasteiger partial charge is 0.239 e. The molecule has 0 rings (SSSR count). The SMILES string of the molecule is CC[C@H](C)[C@H](N)C(=O)N(C)CC(C)C#N. The summed E-state index contributed by atoms with van der Waals surface area (Å²) in [6.07, 6.45) is 0.883. The minimum Gasteiger partial charge on any atom is -0.343 e. The molecule has 2 N–H and O–H groups in total. The average Bonchev–Trinajstić information content (AvgIpc) is 2.25. The van der Waals surface area contributed by atoms with E-state index >= 15 is 0 Å². The van der Waals surface area contributed by atoms with Crippen LogP contribution in [0.4, 0.5) is 0 Å². The van der Waals surface area contributed by atoms with Crippen molar-refractivity contribution in [2.45, 2.75) is 33.2 Å². The lowest BCUT2D eigenvalue weighted by atomic mass is 9.99. The van der Waals surface area contributed by atoms with E-state index in [1.54, 1.807) is 18.9 Å². The van der Waals surface area contributed by atoms with Gasteiger partial charge in [-0.05, 0) is 12.8 Å². The van der Waals surface area contributed by atoms with Crippen LogP contribution in [-0.4, -0.2) is 30.4 Å². The average molecular weight is 211 g/mol. The predicted molar refractivity (Wildman–Crippen MR) is 59.8 cm³/mol. The number of carbonyl (C=O) groups excluding carboxylic acids is 1. The van der Waals surface area contributed by atoms with Gasteiger partial charge in [0.25, 0.3) is 0 Å². The first-order valence-electron chi connectivity index (χ1n) is 5.34. The molecule has 0 aromatic rings. The molecule has 0 aliphatic rings. The summed E-state index contributed by atoms with van der Waals surface area (Å²) < 4.78 is 0. The maximum atomic E-state index is 11.8. The fourth-order valence-corrected chi connectivity index (χ4v) is 1.29. The lowest BCUT2D eigenvalue weighted by Gasteiger charge is -2.25. The molecular formula is C11H21N3O. The Labute approximate surface area is 92.0 Å². The molecule has 0 aliphatic heterocycles. The zero-order valence-electron chi connectivity index (χ0n) is 10.0. The lowest BCUT2D eigenvalue weighted by Crippen LogP contribution is -2.46. The van der Waals surface area contributed by atoms with Gasteiger partial charge < -0.3 is 10.6 Å². The first-order valence-corrected chi connectivity index (χ1v) is 5.34. The topological polar surface area (TPSA) is 70.1 Å². The van der Waals surface area contributed by atoms with E-state index in [0.717, 1.165) is 6.42 Å². The molecule has 0 saturated carbocycles. The Bertz CT molecular complexity index is 247. The van der Waals surface area contributed by atoms with E-state index in [9.17, 15) is 4.79 Å². The molecule has 3 atom stereocenters. The van der Waals surface area contributed by atoms with Crippen molar-refractivity contribution in [2.75, 3.05) is 13.6 Å². The molecule has 0 heterocycles. The Morgan fingerprint density at radius 2 is 2.07 bits per heavy atom. The van der Waals surface area contributed by atoms with Gasteiger partial charge in [0.05, 0.1) is 18.0 Å². The number of nitrogens with zero attached hydrogens (tertiary/aromatic N) is 2. The van der Waals surface area contributed by atoms with Crippen LogP contribution in [0.2, 0.25) is 0 Å². The molecule has 0 bridgehead atoms. The Balaban J connectivity index is 4.26. The second kappa shape index (κ2) is 6.41. The highest BCUT2D eigenvalue weighted by Gasteiger charge is 2.23. The molecular weight excluding hydrogens is 190 g/mol. The Kier molecular flexibility index (Phi) is 5.95.